The highest BCUT2D eigenvalue weighted by Crippen LogP contribution is 2.20. The van der Waals surface area contributed by atoms with Crippen molar-refractivity contribution in [1.82, 2.24) is 0 Å². The molecule has 1 aromatic rings. The van der Waals surface area contributed by atoms with Gasteiger partial charge in [-0.3, -0.25) is 0 Å². The second-order valence-electron chi connectivity index (χ2n) is 2.76. The molecular formula is C11H10ClN. The van der Waals surface area contributed by atoms with Crippen molar-refractivity contribution < 1.29 is 0 Å². The Hall–Kier alpha value is -1.26. The van der Waals surface area contributed by atoms with Crippen LogP contribution in [0.3, 0.4) is 0 Å². The average molecular weight is 192 g/mol. The fourth-order valence-corrected chi connectivity index (χ4v) is 1.25. The molecule has 66 valence electrons. The van der Waals surface area contributed by atoms with Gasteiger partial charge in [0, 0.05) is 5.02 Å². The summed E-state index contributed by atoms with van der Waals surface area (Å²) in [6.07, 6.45) is 2.43. The molecule has 1 nitrogen and oxygen atoms in total. The Bertz CT molecular complexity index is 321. The number of halogens is 1. The zero-order valence-electron chi connectivity index (χ0n) is 7.20. The summed E-state index contributed by atoms with van der Waals surface area (Å²) in [5.41, 5.74) is 0.992. The molecule has 0 saturated heterocycles. The Balaban J connectivity index is 2.87. The van der Waals surface area contributed by atoms with Crippen molar-refractivity contribution in [1.29, 1.82) is 5.26 Å². The molecule has 1 rings (SSSR count). The minimum absolute atomic E-state index is 0.102. The molecule has 0 aliphatic rings. The summed E-state index contributed by atoms with van der Waals surface area (Å²) in [6, 6.07) is 9.57. The van der Waals surface area contributed by atoms with Crippen LogP contribution in [0.5, 0.6) is 0 Å². The number of nitriles is 1. The van der Waals surface area contributed by atoms with E-state index in [1.54, 1.807) is 18.2 Å². The van der Waals surface area contributed by atoms with Crippen LogP contribution in [0, 0.1) is 11.3 Å². The molecule has 0 aromatic heterocycles. The van der Waals surface area contributed by atoms with Gasteiger partial charge in [-0.2, -0.15) is 5.26 Å². The quantitative estimate of drug-likeness (QED) is 0.671. The topological polar surface area (TPSA) is 23.8 Å². The molecule has 0 spiro atoms. The minimum Gasteiger partial charge on any atom is -0.198 e. The van der Waals surface area contributed by atoms with Crippen LogP contribution in [0.1, 0.15) is 17.9 Å². The van der Waals surface area contributed by atoms with Crippen molar-refractivity contribution in [2.45, 2.75) is 12.3 Å². The summed E-state index contributed by atoms with van der Waals surface area (Å²) in [7, 11) is 0. The zero-order valence-corrected chi connectivity index (χ0v) is 7.96. The third-order valence-electron chi connectivity index (χ3n) is 1.83. The third-order valence-corrected chi connectivity index (χ3v) is 2.08. The van der Waals surface area contributed by atoms with Crippen molar-refractivity contribution in [3.05, 3.63) is 47.5 Å². The van der Waals surface area contributed by atoms with Gasteiger partial charge in [-0.25, -0.2) is 0 Å². The van der Waals surface area contributed by atoms with E-state index in [-0.39, 0.29) is 5.92 Å². The predicted octanol–water partition coefficient (Wildman–Crippen LogP) is 3.52. The van der Waals surface area contributed by atoms with Crippen LogP contribution in [-0.2, 0) is 0 Å². The van der Waals surface area contributed by atoms with Crippen LogP contribution in [0.2, 0.25) is 5.02 Å². The smallest absolute Gasteiger partial charge is 0.0747 e. The first-order valence-electron chi connectivity index (χ1n) is 4.04. The molecular weight excluding hydrogens is 182 g/mol. The first-order valence-corrected chi connectivity index (χ1v) is 4.41. The highest BCUT2D eigenvalue weighted by Gasteiger charge is 2.07. The van der Waals surface area contributed by atoms with Crippen LogP contribution in [0.15, 0.2) is 36.9 Å². The number of hydrogen-bond acceptors (Lipinski definition) is 1. The number of allylic oxidation sites excluding steroid dienone is 1. The Morgan fingerprint density at radius 1 is 1.46 bits per heavy atom. The van der Waals surface area contributed by atoms with Crippen molar-refractivity contribution in [2.24, 2.45) is 0 Å². The van der Waals surface area contributed by atoms with Crippen LogP contribution in [-0.4, -0.2) is 0 Å². The van der Waals surface area contributed by atoms with Crippen LogP contribution in [0.25, 0.3) is 0 Å². The molecule has 1 atom stereocenters. The van der Waals surface area contributed by atoms with Crippen LogP contribution >= 0.6 is 11.6 Å². The van der Waals surface area contributed by atoms with Gasteiger partial charge in [0.2, 0.25) is 0 Å². The highest BCUT2D eigenvalue weighted by atomic mass is 35.5. The SMILES string of the molecule is C=CCC(C#N)c1ccc(Cl)cc1. The minimum atomic E-state index is -0.102. The number of nitrogens with zero attached hydrogens (tertiary/aromatic N) is 1. The summed E-state index contributed by atoms with van der Waals surface area (Å²) in [4.78, 5) is 0. The number of hydrogen-bond donors (Lipinski definition) is 0. The molecule has 0 aliphatic carbocycles. The van der Waals surface area contributed by atoms with E-state index in [1.807, 2.05) is 12.1 Å². The number of rotatable bonds is 3. The Labute approximate surface area is 83.3 Å². The molecule has 0 saturated carbocycles. The first kappa shape index (κ1) is 9.83. The summed E-state index contributed by atoms with van der Waals surface area (Å²) < 4.78 is 0. The van der Waals surface area contributed by atoms with Gasteiger partial charge in [0.15, 0.2) is 0 Å². The lowest BCUT2D eigenvalue weighted by molar-refractivity contribution is 0.879. The normalized spacial score (nSPS) is 11.7. The van der Waals surface area contributed by atoms with E-state index < -0.39 is 0 Å². The molecule has 13 heavy (non-hydrogen) atoms. The molecule has 0 fully saturated rings. The van der Waals surface area contributed by atoms with Crippen molar-refractivity contribution in [2.75, 3.05) is 0 Å². The first-order chi connectivity index (χ1) is 6.27. The second kappa shape index (κ2) is 4.69. The zero-order chi connectivity index (χ0) is 9.68. The summed E-state index contributed by atoms with van der Waals surface area (Å²) in [5.74, 6) is -0.102. The van der Waals surface area contributed by atoms with Gasteiger partial charge in [0.25, 0.3) is 0 Å². The Morgan fingerprint density at radius 2 is 2.08 bits per heavy atom. The third kappa shape index (κ3) is 2.61. The lowest BCUT2D eigenvalue weighted by Gasteiger charge is -2.05. The highest BCUT2D eigenvalue weighted by molar-refractivity contribution is 6.30. The lowest BCUT2D eigenvalue weighted by Crippen LogP contribution is -1.92. The van der Waals surface area contributed by atoms with Gasteiger partial charge in [0.1, 0.15) is 0 Å². The molecule has 0 bridgehead atoms. The summed E-state index contributed by atoms with van der Waals surface area (Å²) in [6.45, 7) is 3.61. The van der Waals surface area contributed by atoms with E-state index in [0.717, 1.165) is 5.56 Å². The van der Waals surface area contributed by atoms with E-state index in [4.69, 9.17) is 16.9 Å². The van der Waals surface area contributed by atoms with Gasteiger partial charge in [-0.15, -0.1) is 6.58 Å². The molecule has 0 heterocycles. The molecule has 0 N–H and O–H groups in total. The monoisotopic (exact) mass is 191 g/mol. The van der Waals surface area contributed by atoms with E-state index in [0.29, 0.717) is 11.4 Å². The van der Waals surface area contributed by atoms with Crippen molar-refractivity contribution >= 4 is 11.6 Å². The van der Waals surface area contributed by atoms with E-state index in [9.17, 15) is 0 Å². The van der Waals surface area contributed by atoms with Crippen LogP contribution in [0.4, 0.5) is 0 Å². The molecule has 1 unspecified atom stereocenters. The maximum Gasteiger partial charge on any atom is 0.0747 e. The fraction of sp³-hybridized carbons (Fsp3) is 0.182. The predicted molar refractivity (Wildman–Crippen MR) is 54.6 cm³/mol. The molecule has 0 amide bonds. The van der Waals surface area contributed by atoms with E-state index in [2.05, 4.69) is 12.6 Å². The fourth-order valence-electron chi connectivity index (χ4n) is 1.13. The van der Waals surface area contributed by atoms with Gasteiger partial charge in [-0.1, -0.05) is 29.8 Å². The average Bonchev–Trinajstić information content (AvgIpc) is 2.16. The second-order valence-corrected chi connectivity index (χ2v) is 3.19. The van der Waals surface area contributed by atoms with Gasteiger partial charge >= 0.3 is 0 Å². The molecule has 2 heteroatoms. The Kier molecular flexibility index (Phi) is 3.54. The van der Waals surface area contributed by atoms with Crippen molar-refractivity contribution in [3.8, 4) is 6.07 Å². The van der Waals surface area contributed by atoms with Gasteiger partial charge < -0.3 is 0 Å². The standard InChI is InChI=1S/C11H10ClN/c1-2-3-10(8-13)9-4-6-11(12)7-5-9/h2,4-7,10H,1,3H2. The van der Waals surface area contributed by atoms with E-state index >= 15 is 0 Å². The van der Waals surface area contributed by atoms with Gasteiger partial charge in [0.05, 0.1) is 12.0 Å². The van der Waals surface area contributed by atoms with Crippen molar-refractivity contribution in [3.63, 3.8) is 0 Å². The maximum atomic E-state index is 8.85. The maximum absolute atomic E-state index is 8.85. The molecule has 1 aromatic carbocycles. The van der Waals surface area contributed by atoms with Crippen LogP contribution < -0.4 is 0 Å². The number of benzene rings is 1. The summed E-state index contributed by atoms with van der Waals surface area (Å²) >= 11 is 5.73. The van der Waals surface area contributed by atoms with E-state index in [1.165, 1.54) is 0 Å². The summed E-state index contributed by atoms with van der Waals surface area (Å²) in [5, 5.41) is 9.54. The lowest BCUT2D eigenvalue weighted by atomic mass is 9.98. The molecule has 0 radical (unpaired) electrons. The molecule has 0 aliphatic heterocycles. The Morgan fingerprint density at radius 3 is 2.54 bits per heavy atom. The largest absolute Gasteiger partial charge is 0.198 e. The van der Waals surface area contributed by atoms with Gasteiger partial charge in [-0.05, 0) is 24.1 Å².